The number of hydrogen-bond acceptors (Lipinski definition) is 5. The Morgan fingerprint density at radius 1 is 1.12 bits per heavy atom. The standard InChI is InChI=1S/C24H31N3O4S/c1-24(2,3)17-6-7-19-16(13-17)14-20(32-19)22(29)26-25-21(28)15-8-10-27(11-9-15)23(30)18-5-4-12-31-18/h4-5,12,14-15,17H,6-11,13H2,1-3H3,(H,25,28)(H,26,29). The number of hydrazine groups is 1. The van der Waals surface area contributed by atoms with Crippen LogP contribution in [0.1, 0.15) is 70.7 Å². The van der Waals surface area contributed by atoms with Crippen molar-refractivity contribution in [2.75, 3.05) is 13.1 Å². The van der Waals surface area contributed by atoms with Crippen LogP contribution in [0.3, 0.4) is 0 Å². The lowest BCUT2D eigenvalue weighted by Crippen LogP contribution is -2.48. The van der Waals surface area contributed by atoms with E-state index in [2.05, 4.69) is 31.6 Å². The molecule has 8 heteroatoms. The van der Waals surface area contributed by atoms with Crippen LogP contribution in [0.2, 0.25) is 0 Å². The van der Waals surface area contributed by atoms with Crippen LogP contribution in [-0.4, -0.2) is 35.7 Å². The summed E-state index contributed by atoms with van der Waals surface area (Å²) in [6.45, 7) is 7.79. The normalized spacial score (nSPS) is 19.3. The first-order valence-corrected chi connectivity index (χ1v) is 12.1. The summed E-state index contributed by atoms with van der Waals surface area (Å²) in [4.78, 5) is 41.1. The minimum atomic E-state index is -0.268. The molecule has 2 aromatic rings. The van der Waals surface area contributed by atoms with E-state index in [-0.39, 0.29) is 29.1 Å². The maximum absolute atomic E-state index is 12.6. The van der Waals surface area contributed by atoms with Gasteiger partial charge >= 0.3 is 0 Å². The van der Waals surface area contributed by atoms with Gasteiger partial charge < -0.3 is 9.32 Å². The topological polar surface area (TPSA) is 91.7 Å². The van der Waals surface area contributed by atoms with E-state index in [0.717, 1.165) is 19.3 Å². The second kappa shape index (κ2) is 9.10. The van der Waals surface area contributed by atoms with Gasteiger partial charge in [0.05, 0.1) is 11.1 Å². The first-order valence-electron chi connectivity index (χ1n) is 11.3. The molecule has 0 aromatic carbocycles. The zero-order valence-corrected chi connectivity index (χ0v) is 19.7. The van der Waals surface area contributed by atoms with Gasteiger partial charge in [-0.3, -0.25) is 25.2 Å². The van der Waals surface area contributed by atoms with E-state index in [9.17, 15) is 14.4 Å². The zero-order valence-electron chi connectivity index (χ0n) is 18.9. The van der Waals surface area contributed by atoms with Crippen molar-refractivity contribution >= 4 is 29.1 Å². The molecule has 3 heterocycles. The summed E-state index contributed by atoms with van der Waals surface area (Å²) >= 11 is 1.53. The van der Waals surface area contributed by atoms with Crippen LogP contribution in [0.15, 0.2) is 28.9 Å². The first kappa shape index (κ1) is 22.6. The number of likely N-dealkylation sites (tertiary alicyclic amines) is 1. The molecule has 0 spiro atoms. The Balaban J connectivity index is 1.26. The van der Waals surface area contributed by atoms with Gasteiger partial charge in [0.2, 0.25) is 5.91 Å². The average Bonchev–Trinajstić information content (AvgIpc) is 3.45. The maximum Gasteiger partial charge on any atom is 0.289 e. The highest BCUT2D eigenvalue weighted by Gasteiger charge is 2.31. The SMILES string of the molecule is CC(C)(C)C1CCc2sc(C(=O)NNC(=O)C3CCN(C(=O)c4ccco4)CC3)cc2C1. The highest BCUT2D eigenvalue weighted by molar-refractivity contribution is 7.14. The van der Waals surface area contributed by atoms with E-state index in [1.165, 1.54) is 28.0 Å². The molecule has 1 fully saturated rings. The number of hydrogen-bond donors (Lipinski definition) is 2. The molecule has 7 nitrogen and oxygen atoms in total. The first-order chi connectivity index (χ1) is 15.2. The predicted molar refractivity (Wildman–Crippen MR) is 122 cm³/mol. The van der Waals surface area contributed by atoms with Gasteiger partial charge in [-0.15, -0.1) is 11.3 Å². The summed E-state index contributed by atoms with van der Waals surface area (Å²) in [5.41, 5.74) is 6.69. The van der Waals surface area contributed by atoms with Gasteiger partial charge in [-0.2, -0.15) is 0 Å². The van der Waals surface area contributed by atoms with Gasteiger partial charge in [0.25, 0.3) is 11.8 Å². The van der Waals surface area contributed by atoms with Crippen LogP contribution >= 0.6 is 11.3 Å². The van der Waals surface area contributed by atoms with E-state index in [0.29, 0.717) is 42.5 Å². The fourth-order valence-electron chi connectivity index (χ4n) is 4.56. The van der Waals surface area contributed by atoms with Crippen LogP contribution < -0.4 is 10.9 Å². The molecule has 2 aliphatic rings. The Hall–Kier alpha value is -2.61. The second-order valence-electron chi connectivity index (χ2n) is 9.85. The third kappa shape index (κ3) is 4.90. The number of nitrogens with one attached hydrogen (secondary N) is 2. The van der Waals surface area contributed by atoms with Gasteiger partial charge in [-0.1, -0.05) is 20.8 Å². The fraction of sp³-hybridized carbons (Fsp3) is 0.542. The lowest BCUT2D eigenvalue weighted by Gasteiger charge is -2.33. The van der Waals surface area contributed by atoms with Crippen molar-refractivity contribution in [1.29, 1.82) is 0 Å². The lowest BCUT2D eigenvalue weighted by atomic mass is 9.72. The third-order valence-corrected chi connectivity index (χ3v) is 7.95. The van der Waals surface area contributed by atoms with E-state index >= 15 is 0 Å². The number of carbonyl (C=O) groups is 3. The molecule has 1 atom stereocenters. The molecule has 1 saturated heterocycles. The van der Waals surface area contributed by atoms with Crippen LogP contribution in [-0.2, 0) is 17.6 Å². The Labute approximate surface area is 192 Å². The Morgan fingerprint density at radius 3 is 2.53 bits per heavy atom. The van der Waals surface area contributed by atoms with Crippen molar-refractivity contribution in [3.05, 3.63) is 45.5 Å². The Bertz CT molecular complexity index is 982. The highest BCUT2D eigenvalue weighted by atomic mass is 32.1. The minimum Gasteiger partial charge on any atom is -0.459 e. The van der Waals surface area contributed by atoms with Gasteiger partial charge in [-0.25, -0.2) is 0 Å². The molecule has 2 aromatic heterocycles. The summed E-state index contributed by atoms with van der Waals surface area (Å²) in [6, 6.07) is 5.31. The lowest BCUT2D eigenvalue weighted by molar-refractivity contribution is -0.127. The Morgan fingerprint density at radius 2 is 1.88 bits per heavy atom. The number of aryl methyl sites for hydroxylation is 1. The molecule has 1 unspecified atom stereocenters. The van der Waals surface area contributed by atoms with Crippen LogP contribution in [0.25, 0.3) is 0 Å². The molecule has 2 N–H and O–H groups in total. The molecular formula is C24H31N3O4S. The largest absolute Gasteiger partial charge is 0.459 e. The molecular weight excluding hydrogens is 426 g/mol. The van der Waals surface area contributed by atoms with Crippen LogP contribution in [0.4, 0.5) is 0 Å². The number of amides is 3. The average molecular weight is 458 g/mol. The van der Waals surface area contributed by atoms with Crippen LogP contribution in [0.5, 0.6) is 0 Å². The number of thiophene rings is 1. The molecule has 0 saturated carbocycles. The van der Waals surface area contributed by atoms with Crippen LogP contribution in [0, 0.1) is 17.3 Å². The highest BCUT2D eigenvalue weighted by Crippen LogP contribution is 2.40. The van der Waals surface area contributed by atoms with E-state index in [1.807, 2.05) is 6.07 Å². The maximum atomic E-state index is 12.6. The fourth-order valence-corrected chi connectivity index (χ4v) is 5.66. The molecule has 172 valence electrons. The second-order valence-corrected chi connectivity index (χ2v) is 11.0. The molecule has 0 radical (unpaired) electrons. The van der Waals surface area contributed by atoms with Crippen molar-refractivity contribution < 1.29 is 18.8 Å². The summed E-state index contributed by atoms with van der Waals surface area (Å²) in [5.74, 6) is 0.0593. The third-order valence-electron chi connectivity index (χ3n) is 6.72. The molecule has 32 heavy (non-hydrogen) atoms. The van der Waals surface area contributed by atoms with Gasteiger partial charge in [0.1, 0.15) is 0 Å². The van der Waals surface area contributed by atoms with Crippen molar-refractivity contribution in [2.24, 2.45) is 17.3 Å². The van der Waals surface area contributed by atoms with Crippen molar-refractivity contribution in [1.82, 2.24) is 15.8 Å². The van der Waals surface area contributed by atoms with E-state index in [1.54, 1.807) is 17.0 Å². The minimum absolute atomic E-state index is 0.155. The summed E-state index contributed by atoms with van der Waals surface area (Å²) in [6.07, 6.45) is 5.74. The van der Waals surface area contributed by atoms with Gasteiger partial charge in [0.15, 0.2) is 5.76 Å². The number of furan rings is 1. The molecule has 1 aliphatic heterocycles. The molecule has 4 rings (SSSR count). The quantitative estimate of drug-likeness (QED) is 0.686. The molecule has 3 amide bonds. The molecule has 0 bridgehead atoms. The summed E-state index contributed by atoms with van der Waals surface area (Å²) in [7, 11) is 0. The van der Waals surface area contributed by atoms with Crippen molar-refractivity contribution in [3.63, 3.8) is 0 Å². The van der Waals surface area contributed by atoms with Crippen molar-refractivity contribution in [3.8, 4) is 0 Å². The number of fused-ring (bicyclic) bond motifs is 1. The zero-order chi connectivity index (χ0) is 22.9. The molecule has 1 aliphatic carbocycles. The van der Waals surface area contributed by atoms with Gasteiger partial charge in [0, 0.05) is 23.9 Å². The summed E-state index contributed by atoms with van der Waals surface area (Å²) in [5, 5.41) is 0. The number of carbonyl (C=O) groups excluding carboxylic acids is 3. The predicted octanol–water partition coefficient (Wildman–Crippen LogP) is 3.81. The Kier molecular flexibility index (Phi) is 6.42. The van der Waals surface area contributed by atoms with Crippen molar-refractivity contribution in [2.45, 2.75) is 52.9 Å². The summed E-state index contributed by atoms with van der Waals surface area (Å²) < 4.78 is 5.17. The van der Waals surface area contributed by atoms with E-state index in [4.69, 9.17) is 4.42 Å². The number of rotatable bonds is 3. The number of piperidine rings is 1. The van der Waals surface area contributed by atoms with Gasteiger partial charge in [-0.05, 0) is 67.2 Å². The smallest absolute Gasteiger partial charge is 0.289 e. The number of nitrogens with zero attached hydrogens (tertiary/aromatic N) is 1. The van der Waals surface area contributed by atoms with E-state index < -0.39 is 0 Å². The monoisotopic (exact) mass is 457 g/mol.